The van der Waals surface area contributed by atoms with Crippen molar-refractivity contribution in [3.8, 4) is 0 Å². The number of hydrogen-bond acceptors (Lipinski definition) is 2. The molecule has 0 N–H and O–H groups in total. The van der Waals surface area contributed by atoms with Crippen molar-refractivity contribution in [3.05, 3.63) is 12.2 Å². The van der Waals surface area contributed by atoms with Gasteiger partial charge in [-0.2, -0.15) is 0 Å². The zero-order valence-electron chi connectivity index (χ0n) is 30.4. The van der Waals surface area contributed by atoms with Crippen LogP contribution in [-0.4, -0.2) is 12.6 Å². The Labute approximate surface area is 272 Å². The molecule has 0 bridgehead atoms. The van der Waals surface area contributed by atoms with E-state index in [4.69, 9.17) is 4.74 Å². The Bertz CT molecular complexity index is 597. The summed E-state index contributed by atoms with van der Waals surface area (Å²) in [7, 11) is 0. The van der Waals surface area contributed by atoms with Gasteiger partial charge < -0.3 is 4.74 Å². The first-order valence-electron chi connectivity index (χ1n) is 19.8. The average Bonchev–Trinajstić information content (AvgIpc) is 3.00. The van der Waals surface area contributed by atoms with Crippen LogP contribution in [-0.2, 0) is 9.53 Å². The number of carbonyl (C=O) groups is 1. The minimum absolute atomic E-state index is 0.0824. The molecule has 0 heterocycles. The van der Waals surface area contributed by atoms with E-state index in [0.29, 0.717) is 6.61 Å². The number of allylic oxidation sites excluding steroid dienone is 1. The first-order chi connectivity index (χ1) is 21.0. The van der Waals surface area contributed by atoms with Crippen LogP contribution in [0.3, 0.4) is 0 Å². The average molecular weight is 605 g/mol. The molecule has 0 aliphatic heterocycles. The van der Waals surface area contributed by atoms with Gasteiger partial charge in [-0.15, -0.1) is 0 Å². The van der Waals surface area contributed by atoms with Gasteiger partial charge in [0.2, 0.25) is 0 Å². The van der Waals surface area contributed by atoms with Crippen LogP contribution < -0.4 is 0 Å². The van der Waals surface area contributed by atoms with E-state index in [0.717, 1.165) is 25.7 Å². The summed E-state index contributed by atoms with van der Waals surface area (Å²) in [6, 6.07) is 0. The molecule has 0 aromatic rings. The lowest BCUT2D eigenvalue weighted by Gasteiger charge is -2.27. The Morgan fingerprint density at radius 1 is 0.465 bits per heavy atom. The third kappa shape index (κ3) is 28.4. The summed E-state index contributed by atoms with van der Waals surface area (Å²) in [5.74, 6) is 0.0824. The molecular formula is C41H80O2. The molecule has 0 radical (unpaired) electrons. The van der Waals surface area contributed by atoms with Crippen molar-refractivity contribution >= 4 is 5.97 Å². The first kappa shape index (κ1) is 42.2. The third-order valence-electron chi connectivity index (χ3n) is 9.70. The number of hydrogen-bond donors (Lipinski definition) is 0. The predicted octanol–water partition coefficient (Wildman–Crippen LogP) is 14.6. The van der Waals surface area contributed by atoms with Crippen molar-refractivity contribution in [1.29, 1.82) is 0 Å². The maximum atomic E-state index is 13.2. The fourth-order valence-corrected chi connectivity index (χ4v) is 6.43. The van der Waals surface area contributed by atoms with Crippen LogP contribution in [0.1, 0.15) is 233 Å². The Balaban J connectivity index is 4.02. The summed E-state index contributed by atoms with van der Waals surface area (Å²) in [6.45, 7) is 14.0. The van der Waals surface area contributed by atoms with E-state index in [2.05, 4.69) is 34.3 Å². The highest BCUT2D eigenvalue weighted by Gasteiger charge is 2.33. The number of carbonyl (C=O) groups excluding carboxylic acids is 1. The predicted molar refractivity (Wildman–Crippen MR) is 193 cm³/mol. The highest BCUT2D eigenvalue weighted by Crippen LogP contribution is 2.33. The van der Waals surface area contributed by atoms with Gasteiger partial charge in [-0.1, -0.05) is 193 Å². The Hall–Kier alpha value is -0.790. The fraction of sp³-hybridized carbons (Fsp3) is 0.927. The quantitative estimate of drug-likeness (QED) is 0.0408. The zero-order valence-corrected chi connectivity index (χ0v) is 30.4. The molecule has 0 spiro atoms. The zero-order chi connectivity index (χ0) is 31.7. The second-order valence-electron chi connectivity index (χ2n) is 14.3. The minimum atomic E-state index is -0.288. The van der Waals surface area contributed by atoms with Crippen LogP contribution in [0.5, 0.6) is 0 Å². The van der Waals surface area contributed by atoms with Gasteiger partial charge in [0.05, 0.1) is 12.0 Å². The Kier molecular flexibility index (Phi) is 32.0. The standard InChI is InChI=1S/C41H80O2/c1-6-9-12-15-18-20-24-29-34-39(4)35-30-25-21-23-28-33-38-43-40(42)41(5,36-31-26-17-14-11-8-3)37-32-27-22-19-16-13-10-7-2/h4,6-38H2,1-3,5H3. The maximum Gasteiger partial charge on any atom is 0.311 e. The van der Waals surface area contributed by atoms with Crippen LogP contribution in [0.2, 0.25) is 0 Å². The lowest BCUT2D eigenvalue weighted by molar-refractivity contribution is -0.156. The smallest absolute Gasteiger partial charge is 0.311 e. The molecule has 2 heteroatoms. The van der Waals surface area contributed by atoms with Crippen LogP contribution in [0.15, 0.2) is 12.2 Å². The van der Waals surface area contributed by atoms with Gasteiger partial charge in [-0.3, -0.25) is 4.79 Å². The molecule has 0 aliphatic rings. The van der Waals surface area contributed by atoms with Crippen molar-refractivity contribution in [2.75, 3.05) is 6.61 Å². The highest BCUT2D eigenvalue weighted by atomic mass is 16.5. The fourth-order valence-electron chi connectivity index (χ4n) is 6.43. The van der Waals surface area contributed by atoms with Crippen LogP contribution in [0.25, 0.3) is 0 Å². The molecule has 0 saturated heterocycles. The number of ether oxygens (including phenoxy) is 1. The second-order valence-corrected chi connectivity index (χ2v) is 14.3. The van der Waals surface area contributed by atoms with E-state index in [-0.39, 0.29) is 11.4 Å². The molecule has 0 aliphatic carbocycles. The van der Waals surface area contributed by atoms with E-state index in [9.17, 15) is 4.79 Å². The van der Waals surface area contributed by atoms with E-state index in [1.165, 1.54) is 185 Å². The van der Waals surface area contributed by atoms with E-state index in [1.54, 1.807) is 0 Å². The van der Waals surface area contributed by atoms with Crippen LogP contribution in [0, 0.1) is 5.41 Å². The molecule has 0 saturated carbocycles. The summed E-state index contributed by atoms with van der Waals surface area (Å²) in [5, 5.41) is 0. The summed E-state index contributed by atoms with van der Waals surface area (Å²) >= 11 is 0. The van der Waals surface area contributed by atoms with Gasteiger partial charge in [0, 0.05) is 0 Å². The largest absolute Gasteiger partial charge is 0.465 e. The summed E-state index contributed by atoms with van der Waals surface area (Å²) in [4.78, 5) is 13.2. The van der Waals surface area contributed by atoms with Crippen molar-refractivity contribution in [2.24, 2.45) is 5.41 Å². The lowest BCUT2D eigenvalue weighted by Crippen LogP contribution is -2.30. The number of esters is 1. The second kappa shape index (κ2) is 32.6. The van der Waals surface area contributed by atoms with Crippen molar-refractivity contribution < 1.29 is 9.53 Å². The van der Waals surface area contributed by atoms with Crippen LogP contribution in [0.4, 0.5) is 0 Å². The number of rotatable bonds is 35. The van der Waals surface area contributed by atoms with Gasteiger partial charge >= 0.3 is 5.97 Å². The highest BCUT2D eigenvalue weighted by molar-refractivity contribution is 5.76. The van der Waals surface area contributed by atoms with E-state index >= 15 is 0 Å². The Morgan fingerprint density at radius 3 is 1.14 bits per heavy atom. The van der Waals surface area contributed by atoms with Crippen molar-refractivity contribution in [2.45, 2.75) is 233 Å². The molecular weight excluding hydrogens is 524 g/mol. The molecule has 256 valence electrons. The third-order valence-corrected chi connectivity index (χ3v) is 9.70. The van der Waals surface area contributed by atoms with Crippen molar-refractivity contribution in [1.82, 2.24) is 0 Å². The lowest BCUT2D eigenvalue weighted by atomic mass is 9.79. The monoisotopic (exact) mass is 605 g/mol. The minimum Gasteiger partial charge on any atom is -0.465 e. The molecule has 1 atom stereocenters. The molecule has 2 nitrogen and oxygen atoms in total. The van der Waals surface area contributed by atoms with Gasteiger partial charge in [0.25, 0.3) is 0 Å². The normalized spacial score (nSPS) is 12.8. The maximum absolute atomic E-state index is 13.2. The van der Waals surface area contributed by atoms with Gasteiger partial charge in [-0.25, -0.2) is 0 Å². The molecule has 43 heavy (non-hydrogen) atoms. The number of unbranched alkanes of at least 4 members (excludes halogenated alkanes) is 24. The molecule has 1 unspecified atom stereocenters. The molecule has 0 fully saturated rings. The summed E-state index contributed by atoms with van der Waals surface area (Å²) in [5.41, 5.74) is 1.18. The SMILES string of the molecule is C=C(CCCCCCCCCC)CCCCCCCCOC(=O)C(C)(CCCCCCCC)CCCCCCCCCC. The molecule has 0 aromatic carbocycles. The first-order valence-corrected chi connectivity index (χ1v) is 19.8. The Morgan fingerprint density at radius 2 is 0.767 bits per heavy atom. The molecule has 0 amide bonds. The summed E-state index contributed by atoms with van der Waals surface area (Å²) in [6.07, 6.45) is 41.2. The summed E-state index contributed by atoms with van der Waals surface area (Å²) < 4.78 is 5.91. The van der Waals surface area contributed by atoms with E-state index < -0.39 is 0 Å². The van der Waals surface area contributed by atoms with Gasteiger partial charge in [0.1, 0.15) is 0 Å². The van der Waals surface area contributed by atoms with Gasteiger partial charge in [-0.05, 0) is 51.9 Å². The molecule has 0 aromatic heterocycles. The topological polar surface area (TPSA) is 26.3 Å². The van der Waals surface area contributed by atoms with E-state index in [1.807, 2.05) is 0 Å². The van der Waals surface area contributed by atoms with Crippen molar-refractivity contribution in [3.63, 3.8) is 0 Å². The molecule has 0 rings (SSSR count). The van der Waals surface area contributed by atoms with Gasteiger partial charge in [0.15, 0.2) is 0 Å². The van der Waals surface area contributed by atoms with Crippen LogP contribution >= 0.6 is 0 Å².